The fourth-order valence-electron chi connectivity index (χ4n) is 2.12. The number of hydrogen-bond acceptors (Lipinski definition) is 1. The summed E-state index contributed by atoms with van der Waals surface area (Å²) in [5, 5.41) is 4.17. The smallest absolute Gasteiger partial charge is 0.123 e. The van der Waals surface area contributed by atoms with E-state index in [1.54, 1.807) is 12.1 Å². The Balaban J connectivity index is 2.08. The van der Waals surface area contributed by atoms with E-state index >= 15 is 0 Å². The second kappa shape index (κ2) is 6.18. The van der Waals surface area contributed by atoms with E-state index in [2.05, 4.69) is 12.2 Å². The molecule has 100 valence electrons. The Labute approximate surface area is 118 Å². The Morgan fingerprint density at radius 3 is 2.11 bits per heavy atom. The predicted molar refractivity (Wildman–Crippen MR) is 77.8 cm³/mol. The molecule has 1 unspecified atom stereocenters. The molecular formula is C16H17ClFN. The summed E-state index contributed by atoms with van der Waals surface area (Å²) in [5.41, 5.74) is 2.06. The van der Waals surface area contributed by atoms with Crippen molar-refractivity contribution in [1.82, 2.24) is 5.32 Å². The first kappa shape index (κ1) is 14.0. The van der Waals surface area contributed by atoms with Crippen LogP contribution in [0.4, 0.5) is 4.39 Å². The average Bonchev–Trinajstić information content (AvgIpc) is 2.38. The maximum atomic E-state index is 13.2. The molecule has 0 spiro atoms. The molecule has 0 heterocycles. The number of rotatable bonds is 4. The van der Waals surface area contributed by atoms with Crippen molar-refractivity contribution in [1.29, 1.82) is 0 Å². The lowest BCUT2D eigenvalue weighted by molar-refractivity contribution is 0.492. The van der Waals surface area contributed by atoms with E-state index in [0.29, 0.717) is 0 Å². The minimum Gasteiger partial charge on any atom is -0.304 e. The van der Waals surface area contributed by atoms with Crippen LogP contribution in [-0.2, 0) is 0 Å². The van der Waals surface area contributed by atoms with Gasteiger partial charge in [0, 0.05) is 17.1 Å². The summed E-state index contributed by atoms with van der Waals surface area (Å²) in [6, 6.07) is 14.6. The van der Waals surface area contributed by atoms with Crippen LogP contribution in [0.2, 0.25) is 5.02 Å². The highest BCUT2D eigenvalue weighted by Crippen LogP contribution is 2.21. The van der Waals surface area contributed by atoms with Crippen molar-refractivity contribution in [3.63, 3.8) is 0 Å². The lowest BCUT2D eigenvalue weighted by Crippen LogP contribution is -2.22. The van der Waals surface area contributed by atoms with Crippen LogP contribution in [0.3, 0.4) is 0 Å². The minimum absolute atomic E-state index is 0.0738. The number of benzene rings is 2. The Morgan fingerprint density at radius 2 is 1.53 bits per heavy atom. The van der Waals surface area contributed by atoms with Crippen molar-refractivity contribution in [3.05, 3.63) is 70.5 Å². The molecule has 0 saturated carbocycles. The van der Waals surface area contributed by atoms with E-state index in [-0.39, 0.29) is 17.9 Å². The Kier molecular flexibility index (Phi) is 4.56. The van der Waals surface area contributed by atoms with Crippen LogP contribution in [0.1, 0.15) is 37.1 Å². The van der Waals surface area contributed by atoms with Crippen LogP contribution in [0.15, 0.2) is 48.5 Å². The zero-order valence-corrected chi connectivity index (χ0v) is 11.8. The van der Waals surface area contributed by atoms with Crippen LogP contribution >= 0.6 is 11.6 Å². The van der Waals surface area contributed by atoms with E-state index < -0.39 is 0 Å². The van der Waals surface area contributed by atoms with Crippen LogP contribution in [-0.4, -0.2) is 0 Å². The summed E-state index contributed by atoms with van der Waals surface area (Å²) in [7, 11) is 0. The molecule has 0 amide bonds. The summed E-state index contributed by atoms with van der Waals surface area (Å²) in [4.78, 5) is 0. The Bertz CT molecular complexity index is 506. The summed E-state index contributed by atoms with van der Waals surface area (Å²) < 4.78 is 13.2. The van der Waals surface area contributed by atoms with Gasteiger partial charge in [0.1, 0.15) is 5.82 Å². The fourth-order valence-corrected chi connectivity index (χ4v) is 2.32. The zero-order valence-electron chi connectivity index (χ0n) is 11.0. The molecule has 0 aliphatic rings. The topological polar surface area (TPSA) is 12.0 Å². The van der Waals surface area contributed by atoms with Crippen LogP contribution < -0.4 is 5.32 Å². The molecule has 2 aromatic carbocycles. The zero-order chi connectivity index (χ0) is 13.8. The first-order valence-electron chi connectivity index (χ1n) is 6.33. The summed E-state index contributed by atoms with van der Waals surface area (Å²) in [6.45, 7) is 4.09. The molecule has 0 aliphatic heterocycles. The van der Waals surface area contributed by atoms with Crippen molar-refractivity contribution in [2.24, 2.45) is 0 Å². The van der Waals surface area contributed by atoms with Gasteiger partial charge in [0.2, 0.25) is 0 Å². The fraction of sp³-hybridized carbons (Fsp3) is 0.250. The van der Waals surface area contributed by atoms with E-state index in [0.717, 1.165) is 16.1 Å². The molecule has 0 bridgehead atoms. The lowest BCUT2D eigenvalue weighted by atomic mass is 10.0. The maximum Gasteiger partial charge on any atom is 0.123 e. The lowest BCUT2D eigenvalue weighted by Gasteiger charge is -2.21. The van der Waals surface area contributed by atoms with Gasteiger partial charge in [-0.05, 0) is 49.2 Å². The standard InChI is InChI=1S/C16H17ClFN/c1-11(13-5-3-7-15(17)9-13)19-12(2)14-6-4-8-16(18)10-14/h3-12,19H,1-2H3/t11-,12?/m1/s1. The molecule has 2 atom stereocenters. The van der Waals surface area contributed by atoms with E-state index in [4.69, 9.17) is 11.6 Å². The summed E-state index contributed by atoms with van der Waals surface area (Å²) in [6.07, 6.45) is 0. The summed E-state index contributed by atoms with van der Waals surface area (Å²) >= 11 is 5.99. The monoisotopic (exact) mass is 277 g/mol. The molecule has 1 nitrogen and oxygen atoms in total. The average molecular weight is 278 g/mol. The van der Waals surface area contributed by atoms with Gasteiger partial charge in [-0.25, -0.2) is 4.39 Å². The van der Waals surface area contributed by atoms with Gasteiger partial charge in [0.15, 0.2) is 0 Å². The van der Waals surface area contributed by atoms with Crippen molar-refractivity contribution in [2.45, 2.75) is 25.9 Å². The third-order valence-electron chi connectivity index (χ3n) is 3.20. The van der Waals surface area contributed by atoms with Crippen molar-refractivity contribution < 1.29 is 4.39 Å². The van der Waals surface area contributed by atoms with Gasteiger partial charge in [0.25, 0.3) is 0 Å². The van der Waals surface area contributed by atoms with Crippen LogP contribution in [0.25, 0.3) is 0 Å². The van der Waals surface area contributed by atoms with E-state index in [9.17, 15) is 4.39 Å². The first-order chi connectivity index (χ1) is 9.06. The van der Waals surface area contributed by atoms with Crippen molar-refractivity contribution in [3.8, 4) is 0 Å². The molecule has 0 aromatic heterocycles. The molecule has 0 aliphatic carbocycles. The van der Waals surface area contributed by atoms with Crippen molar-refractivity contribution in [2.75, 3.05) is 0 Å². The predicted octanol–water partition coefficient (Wildman–Crippen LogP) is 4.89. The quantitative estimate of drug-likeness (QED) is 0.839. The molecule has 3 heteroatoms. The molecule has 19 heavy (non-hydrogen) atoms. The van der Waals surface area contributed by atoms with Gasteiger partial charge in [-0.2, -0.15) is 0 Å². The first-order valence-corrected chi connectivity index (χ1v) is 6.71. The molecule has 0 fully saturated rings. The Hall–Kier alpha value is -1.38. The SMILES string of the molecule is CC(N[C@H](C)c1cccc(Cl)c1)c1cccc(F)c1. The second-order valence-electron chi connectivity index (χ2n) is 4.72. The van der Waals surface area contributed by atoms with Crippen LogP contribution in [0.5, 0.6) is 0 Å². The molecule has 2 rings (SSSR count). The highest BCUT2D eigenvalue weighted by Gasteiger charge is 2.11. The van der Waals surface area contributed by atoms with Gasteiger partial charge in [-0.3, -0.25) is 0 Å². The molecule has 1 N–H and O–H groups in total. The summed E-state index contributed by atoms with van der Waals surface area (Å²) in [5.74, 6) is -0.207. The van der Waals surface area contributed by atoms with Gasteiger partial charge >= 0.3 is 0 Å². The molecule has 0 radical (unpaired) electrons. The number of hydrogen-bond donors (Lipinski definition) is 1. The number of nitrogens with one attached hydrogen (secondary N) is 1. The van der Waals surface area contributed by atoms with Gasteiger partial charge in [-0.1, -0.05) is 35.9 Å². The van der Waals surface area contributed by atoms with E-state index in [1.807, 2.05) is 37.3 Å². The van der Waals surface area contributed by atoms with E-state index in [1.165, 1.54) is 6.07 Å². The van der Waals surface area contributed by atoms with Gasteiger partial charge < -0.3 is 5.32 Å². The third-order valence-corrected chi connectivity index (χ3v) is 3.43. The van der Waals surface area contributed by atoms with Crippen LogP contribution in [0, 0.1) is 5.82 Å². The largest absolute Gasteiger partial charge is 0.304 e. The maximum absolute atomic E-state index is 13.2. The Morgan fingerprint density at radius 1 is 0.947 bits per heavy atom. The molecular weight excluding hydrogens is 261 g/mol. The van der Waals surface area contributed by atoms with Gasteiger partial charge in [-0.15, -0.1) is 0 Å². The highest BCUT2D eigenvalue weighted by atomic mass is 35.5. The second-order valence-corrected chi connectivity index (χ2v) is 5.16. The van der Waals surface area contributed by atoms with Crippen molar-refractivity contribution >= 4 is 11.6 Å². The molecule has 0 saturated heterocycles. The molecule has 2 aromatic rings. The van der Waals surface area contributed by atoms with Gasteiger partial charge in [0.05, 0.1) is 0 Å². The number of halogens is 2. The normalized spacial score (nSPS) is 14.1. The highest BCUT2D eigenvalue weighted by molar-refractivity contribution is 6.30. The minimum atomic E-state index is -0.207. The third kappa shape index (κ3) is 3.79.